The van der Waals surface area contributed by atoms with Crippen molar-refractivity contribution in [3.8, 4) is 0 Å². The predicted molar refractivity (Wildman–Crippen MR) is 114 cm³/mol. The van der Waals surface area contributed by atoms with Crippen molar-refractivity contribution in [3.05, 3.63) is 35.5 Å². The molecule has 0 bridgehead atoms. The van der Waals surface area contributed by atoms with Gasteiger partial charge in [0, 0.05) is 18.1 Å². The first kappa shape index (κ1) is 22.5. The van der Waals surface area contributed by atoms with E-state index in [2.05, 4.69) is 27.4 Å². The SMILES string of the molecule is C=CCOC(=O)C1=CCS[C@H]2C(NC(=O)C(=NOC)c3csc(NC(C)=O)n3)C(=O)N12. The summed E-state index contributed by atoms with van der Waals surface area (Å²) in [7, 11) is 1.27. The van der Waals surface area contributed by atoms with Gasteiger partial charge in [0.05, 0.1) is 0 Å². The number of nitrogens with zero attached hydrogens (tertiary/aromatic N) is 3. The quantitative estimate of drug-likeness (QED) is 0.186. The highest BCUT2D eigenvalue weighted by Gasteiger charge is 2.53. The Morgan fingerprint density at radius 2 is 2.23 bits per heavy atom. The number of aromatic nitrogens is 1. The lowest BCUT2D eigenvalue weighted by Gasteiger charge is -2.48. The van der Waals surface area contributed by atoms with Crippen molar-refractivity contribution in [2.45, 2.75) is 18.3 Å². The molecule has 1 aromatic rings. The van der Waals surface area contributed by atoms with E-state index in [9.17, 15) is 19.2 Å². The molecule has 0 radical (unpaired) electrons. The summed E-state index contributed by atoms with van der Waals surface area (Å²) in [6, 6.07) is -0.857. The zero-order valence-electron chi connectivity index (χ0n) is 16.6. The number of oxime groups is 1. The Balaban J connectivity index is 1.70. The second-order valence-electron chi connectivity index (χ2n) is 6.20. The standard InChI is InChI=1S/C18H19N5O6S2/c1-4-6-29-17(27)11-5-7-30-16-13(15(26)23(11)16)21-14(25)12(22-28-3)10-8-31-18(20-10)19-9(2)24/h4-5,8,13,16H,1,6-7H2,2-3H3,(H,21,25)(H,19,20,24)/t13?,16-/m0/s1. The van der Waals surface area contributed by atoms with Crippen molar-refractivity contribution >= 4 is 57.6 Å². The lowest BCUT2D eigenvalue weighted by Crippen LogP contribution is -2.70. The molecule has 2 atom stereocenters. The number of hydrogen-bond donors (Lipinski definition) is 2. The van der Waals surface area contributed by atoms with Gasteiger partial charge in [0.1, 0.15) is 36.5 Å². The van der Waals surface area contributed by atoms with Crippen molar-refractivity contribution in [1.82, 2.24) is 15.2 Å². The van der Waals surface area contributed by atoms with E-state index in [1.165, 1.54) is 42.2 Å². The van der Waals surface area contributed by atoms with Gasteiger partial charge in [-0.25, -0.2) is 9.78 Å². The van der Waals surface area contributed by atoms with Gasteiger partial charge < -0.3 is 20.2 Å². The van der Waals surface area contributed by atoms with Gasteiger partial charge in [0.2, 0.25) is 5.91 Å². The number of anilines is 1. The topological polar surface area (TPSA) is 139 Å². The number of carbonyl (C=O) groups excluding carboxylic acids is 4. The third-order valence-corrected chi connectivity index (χ3v) is 6.04. The van der Waals surface area contributed by atoms with Gasteiger partial charge in [-0.05, 0) is 6.08 Å². The average Bonchev–Trinajstić information content (AvgIpc) is 3.20. The molecule has 2 N–H and O–H groups in total. The van der Waals surface area contributed by atoms with Crippen LogP contribution in [-0.2, 0) is 28.8 Å². The van der Waals surface area contributed by atoms with E-state index >= 15 is 0 Å². The van der Waals surface area contributed by atoms with Crippen molar-refractivity contribution in [1.29, 1.82) is 0 Å². The minimum Gasteiger partial charge on any atom is -0.457 e. The number of thiazole rings is 1. The Morgan fingerprint density at radius 3 is 2.90 bits per heavy atom. The fraction of sp³-hybridized carbons (Fsp3) is 0.333. The Kier molecular flexibility index (Phi) is 7.07. The first-order chi connectivity index (χ1) is 14.9. The molecule has 3 amide bonds. The van der Waals surface area contributed by atoms with Crippen molar-refractivity contribution in [2.24, 2.45) is 5.16 Å². The summed E-state index contributed by atoms with van der Waals surface area (Å²) in [6.45, 7) is 4.85. The smallest absolute Gasteiger partial charge is 0.355 e. The van der Waals surface area contributed by atoms with E-state index in [0.717, 1.165) is 11.3 Å². The van der Waals surface area contributed by atoms with Gasteiger partial charge in [-0.2, -0.15) is 0 Å². The molecule has 0 aliphatic carbocycles. The molecule has 3 rings (SSSR count). The summed E-state index contributed by atoms with van der Waals surface area (Å²) in [5.74, 6) is -1.57. The summed E-state index contributed by atoms with van der Waals surface area (Å²) < 4.78 is 5.02. The molecule has 31 heavy (non-hydrogen) atoms. The maximum absolute atomic E-state index is 12.8. The zero-order chi connectivity index (χ0) is 22.5. The lowest BCUT2D eigenvalue weighted by atomic mass is 10.0. The van der Waals surface area contributed by atoms with Crippen LogP contribution in [0.15, 0.2) is 35.0 Å². The number of hydrogen-bond acceptors (Lipinski definition) is 10. The van der Waals surface area contributed by atoms with Gasteiger partial charge in [-0.3, -0.25) is 19.3 Å². The summed E-state index contributed by atoms with van der Waals surface area (Å²) >= 11 is 2.51. The highest BCUT2D eigenvalue weighted by atomic mass is 32.2. The number of ether oxygens (including phenoxy) is 1. The Labute approximate surface area is 185 Å². The molecule has 2 aliphatic heterocycles. The number of esters is 1. The van der Waals surface area contributed by atoms with Crippen LogP contribution in [0.4, 0.5) is 5.13 Å². The summed E-state index contributed by atoms with van der Waals surface area (Å²) in [6.07, 6.45) is 3.04. The van der Waals surface area contributed by atoms with Gasteiger partial charge >= 0.3 is 5.97 Å². The molecule has 1 aromatic heterocycles. The van der Waals surface area contributed by atoms with Crippen molar-refractivity contribution < 1.29 is 28.8 Å². The van der Waals surface area contributed by atoms with Crippen LogP contribution in [0.1, 0.15) is 12.6 Å². The van der Waals surface area contributed by atoms with Crippen LogP contribution in [-0.4, -0.2) is 70.2 Å². The zero-order valence-corrected chi connectivity index (χ0v) is 18.2. The number of rotatable bonds is 8. The van der Waals surface area contributed by atoms with E-state index in [0.29, 0.717) is 10.9 Å². The Bertz CT molecular complexity index is 988. The maximum Gasteiger partial charge on any atom is 0.355 e. The fourth-order valence-electron chi connectivity index (χ4n) is 2.83. The molecule has 1 unspecified atom stereocenters. The van der Waals surface area contributed by atoms with E-state index in [-0.39, 0.29) is 29.6 Å². The van der Waals surface area contributed by atoms with E-state index in [1.54, 1.807) is 6.08 Å². The average molecular weight is 466 g/mol. The molecule has 1 saturated heterocycles. The minimum absolute atomic E-state index is 0.0289. The van der Waals surface area contributed by atoms with Crippen LogP contribution in [0.3, 0.4) is 0 Å². The number of amides is 3. The Morgan fingerprint density at radius 1 is 1.45 bits per heavy atom. The van der Waals surface area contributed by atoms with Crippen molar-refractivity contribution in [2.75, 3.05) is 24.8 Å². The predicted octanol–water partition coefficient (Wildman–Crippen LogP) is 0.465. The molecule has 3 heterocycles. The molecule has 0 aromatic carbocycles. The van der Waals surface area contributed by atoms with E-state index in [1.807, 2.05) is 0 Å². The molecule has 0 spiro atoms. The first-order valence-corrected chi connectivity index (χ1v) is 10.9. The third-order valence-electron chi connectivity index (χ3n) is 4.10. The summed E-state index contributed by atoms with van der Waals surface area (Å²) in [4.78, 5) is 59.0. The second kappa shape index (κ2) is 9.75. The summed E-state index contributed by atoms with van der Waals surface area (Å²) in [5, 5.41) is 10.2. The lowest BCUT2D eigenvalue weighted by molar-refractivity contribution is -0.151. The highest BCUT2D eigenvalue weighted by Crippen LogP contribution is 2.37. The van der Waals surface area contributed by atoms with Crippen LogP contribution in [0.25, 0.3) is 0 Å². The number of fused-ring (bicyclic) bond motifs is 1. The Hall–Kier alpha value is -3.19. The van der Waals surface area contributed by atoms with Crippen molar-refractivity contribution in [3.63, 3.8) is 0 Å². The molecular formula is C18H19N5O6S2. The third kappa shape index (κ3) is 4.77. The molecule has 13 heteroatoms. The highest BCUT2D eigenvalue weighted by molar-refractivity contribution is 8.00. The van der Waals surface area contributed by atoms with Crippen LogP contribution < -0.4 is 10.6 Å². The molecule has 11 nitrogen and oxygen atoms in total. The number of β-lactam (4-membered cyclic amide) rings is 1. The van der Waals surface area contributed by atoms with Gasteiger partial charge in [0.15, 0.2) is 10.8 Å². The van der Waals surface area contributed by atoms with Gasteiger partial charge in [-0.1, -0.05) is 17.8 Å². The van der Waals surface area contributed by atoms with E-state index in [4.69, 9.17) is 9.57 Å². The summed E-state index contributed by atoms with van der Waals surface area (Å²) in [5.41, 5.74) is 0.177. The molecule has 0 saturated carbocycles. The largest absolute Gasteiger partial charge is 0.457 e. The van der Waals surface area contributed by atoms with Gasteiger partial charge in [-0.15, -0.1) is 23.1 Å². The van der Waals surface area contributed by atoms with E-state index < -0.39 is 29.2 Å². The van der Waals surface area contributed by atoms with Crippen LogP contribution in [0.5, 0.6) is 0 Å². The number of nitrogens with one attached hydrogen (secondary N) is 2. The molecule has 1 fully saturated rings. The normalized spacial score (nSPS) is 20.1. The van der Waals surface area contributed by atoms with Crippen LogP contribution in [0, 0.1) is 0 Å². The molecule has 2 aliphatic rings. The van der Waals surface area contributed by atoms with Crippen LogP contribution >= 0.6 is 23.1 Å². The number of carbonyl (C=O) groups is 4. The molecule has 164 valence electrons. The maximum atomic E-state index is 12.8. The first-order valence-electron chi connectivity index (χ1n) is 8.95. The fourth-order valence-corrected chi connectivity index (χ4v) is 4.77. The molecular weight excluding hydrogens is 446 g/mol. The van der Waals surface area contributed by atoms with Gasteiger partial charge in [0.25, 0.3) is 11.8 Å². The monoisotopic (exact) mass is 465 g/mol. The minimum atomic E-state index is -0.857. The second-order valence-corrected chi connectivity index (χ2v) is 8.21. The van der Waals surface area contributed by atoms with Crippen LogP contribution in [0.2, 0.25) is 0 Å². The number of thioether (sulfide) groups is 1.